The van der Waals surface area contributed by atoms with Crippen molar-refractivity contribution in [2.75, 3.05) is 39.3 Å². The highest BCUT2D eigenvalue weighted by Crippen LogP contribution is 2.20. The Morgan fingerprint density at radius 3 is 1.63 bits per heavy atom. The molecule has 4 heterocycles. The largest absolute Gasteiger partial charge is 0.481 e. The predicted octanol–water partition coefficient (Wildman–Crippen LogP) is 7.46. The molecule has 2 aliphatic rings. The van der Waals surface area contributed by atoms with E-state index >= 15 is 0 Å². The van der Waals surface area contributed by atoms with Crippen molar-refractivity contribution in [1.82, 2.24) is 41.5 Å². The third-order valence-electron chi connectivity index (χ3n) is 10.1. The molecule has 0 spiro atoms. The van der Waals surface area contributed by atoms with Crippen LogP contribution in [-0.4, -0.2) is 107 Å². The van der Waals surface area contributed by atoms with E-state index in [-0.39, 0.29) is 69.6 Å². The summed E-state index contributed by atoms with van der Waals surface area (Å²) in [6.07, 6.45) is 4.13. The number of aliphatic carboxylic acids is 1. The number of nitrogens with zero attached hydrogens (tertiary/aromatic N) is 3. The van der Waals surface area contributed by atoms with Crippen molar-refractivity contribution < 1.29 is 43.3 Å². The molecule has 0 aliphatic carbocycles. The maximum absolute atomic E-state index is 12.6. The second kappa shape index (κ2) is 29.8. The van der Waals surface area contributed by atoms with Gasteiger partial charge in [-0.1, -0.05) is 107 Å². The minimum absolute atomic E-state index is 0.00241. The van der Waals surface area contributed by atoms with E-state index in [1.54, 1.807) is 17.0 Å². The van der Waals surface area contributed by atoms with Crippen LogP contribution in [0.2, 0.25) is 20.6 Å². The molecule has 2 aromatic heterocycles. The van der Waals surface area contributed by atoms with Crippen molar-refractivity contribution in [2.24, 2.45) is 0 Å². The number of hydrogen-bond donors (Lipinski definition) is 6. The van der Waals surface area contributed by atoms with Gasteiger partial charge in [-0.05, 0) is 80.5 Å². The van der Waals surface area contributed by atoms with Gasteiger partial charge in [-0.3, -0.25) is 19.2 Å². The Bertz CT molecular complexity index is 2220. The molecule has 67 heavy (non-hydrogen) atoms. The van der Waals surface area contributed by atoms with Crippen LogP contribution in [0.15, 0.2) is 84.9 Å². The lowest BCUT2D eigenvalue weighted by Crippen LogP contribution is -2.43. The highest BCUT2D eigenvalue weighted by molar-refractivity contribution is 6.35. The number of rotatable bonds is 18. The smallest absolute Gasteiger partial charge is 0.407 e. The summed E-state index contributed by atoms with van der Waals surface area (Å²) in [6, 6.07) is 25.2. The van der Waals surface area contributed by atoms with Crippen LogP contribution in [0.4, 0.5) is 9.59 Å². The molecule has 17 nitrogen and oxygen atoms in total. The van der Waals surface area contributed by atoms with Crippen LogP contribution >= 0.6 is 46.4 Å². The number of pyridine rings is 2. The van der Waals surface area contributed by atoms with E-state index in [1.807, 2.05) is 60.7 Å². The third kappa shape index (κ3) is 20.8. The maximum atomic E-state index is 12.6. The molecule has 0 radical (unpaired) electrons. The molecule has 4 aromatic rings. The summed E-state index contributed by atoms with van der Waals surface area (Å²) in [4.78, 5) is 79.5. The number of carbonyl (C=O) groups excluding carboxylic acids is 5. The molecule has 2 saturated heterocycles. The Hall–Kier alpha value is -5.72. The molecule has 21 heteroatoms. The molecule has 5 amide bonds. The van der Waals surface area contributed by atoms with Crippen LogP contribution in [0.25, 0.3) is 0 Å². The van der Waals surface area contributed by atoms with E-state index in [0.29, 0.717) is 63.6 Å². The van der Waals surface area contributed by atoms with Gasteiger partial charge in [0.15, 0.2) is 0 Å². The molecule has 2 atom stereocenters. The lowest BCUT2D eigenvalue weighted by molar-refractivity contribution is -0.137. The fraction of sp³-hybridized carbons (Fsp3) is 0.391. The monoisotopic (exact) mass is 1000 g/mol. The molecule has 6 rings (SSSR count). The topological polar surface area (TPSA) is 230 Å². The van der Waals surface area contributed by atoms with Crippen LogP contribution in [0.1, 0.15) is 83.2 Å². The first kappa shape index (κ1) is 53.9. The zero-order chi connectivity index (χ0) is 48.4. The van der Waals surface area contributed by atoms with Gasteiger partial charge in [0.05, 0.1) is 11.1 Å². The molecule has 0 bridgehead atoms. The molecule has 360 valence electrons. The Labute approximate surface area is 409 Å². The third-order valence-corrected chi connectivity index (χ3v) is 11.1. The standard InChI is InChI=1S/C23H26Cl2N4O4.C12H15NO4.C11H13Cl2N3O/c24-19-11-10-18(21(25)28-19)22(31)27-14-17-8-5-13-29(17)20(30)9-4-12-26-23(32)33-15-16-6-2-1-3-7-16;14-11(15)7-4-8-13-12(16)17-9-10-5-2-1-3-6-10;12-9-4-3-8(10(13)16-9)11(17)15-6-7-2-1-5-14-7/h1-3,6-7,10-11,17H,4-5,8-9,12-15H2,(H,26,32)(H,27,31);1-3,5-6H,4,7-9H2,(H,13,16)(H,14,15);3-4,7,14H,1-2,5-6H2,(H,15,17)/t17-;;7-/m1.1/s1. The number of carboxylic acids is 1. The highest BCUT2D eigenvalue weighted by Gasteiger charge is 2.29. The minimum atomic E-state index is -0.871. The lowest BCUT2D eigenvalue weighted by atomic mass is 10.2. The Balaban J connectivity index is 0.000000242. The summed E-state index contributed by atoms with van der Waals surface area (Å²) in [5, 5.41) is 23.2. The van der Waals surface area contributed by atoms with Gasteiger partial charge in [0.1, 0.15) is 33.8 Å². The van der Waals surface area contributed by atoms with Gasteiger partial charge in [-0.2, -0.15) is 0 Å². The van der Waals surface area contributed by atoms with Crippen molar-refractivity contribution in [3.05, 3.63) is 128 Å². The van der Waals surface area contributed by atoms with Gasteiger partial charge < -0.3 is 46.1 Å². The SMILES string of the molecule is O=C(NCCCC(=O)N1CCC[C@@H]1CNC(=O)c1ccc(Cl)nc1Cl)OCc1ccccc1.O=C(NC[C@H]1CCCN1)c1ccc(Cl)nc1Cl.O=C(O)CCCNC(=O)OCc1ccccc1. The summed E-state index contributed by atoms with van der Waals surface area (Å²) in [6.45, 7) is 3.66. The van der Waals surface area contributed by atoms with Crippen molar-refractivity contribution in [1.29, 1.82) is 0 Å². The second-order valence-electron chi connectivity index (χ2n) is 15.1. The van der Waals surface area contributed by atoms with E-state index in [2.05, 4.69) is 36.6 Å². The summed E-state index contributed by atoms with van der Waals surface area (Å²) >= 11 is 23.3. The van der Waals surface area contributed by atoms with E-state index in [9.17, 15) is 28.8 Å². The number of hydrogen-bond acceptors (Lipinski definition) is 11. The van der Waals surface area contributed by atoms with Crippen LogP contribution in [0.5, 0.6) is 0 Å². The minimum Gasteiger partial charge on any atom is -0.481 e. The van der Waals surface area contributed by atoms with E-state index < -0.39 is 18.2 Å². The van der Waals surface area contributed by atoms with E-state index in [0.717, 1.165) is 43.4 Å². The summed E-state index contributed by atoms with van der Waals surface area (Å²) in [5.41, 5.74) is 2.41. The van der Waals surface area contributed by atoms with Crippen LogP contribution in [0, 0.1) is 0 Å². The summed E-state index contributed by atoms with van der Waals surface area (Å²) in [7, 11) is 0. The average Bonchev–Trinajstić information content (AvgIpc) is 4.03. The number of benzene rings is 2. The molecule has 2 aliphatic heterocycles. The quantitative estimate of drug-likeness (QED) is 0.0422. The Morgan fingerprint density at radius 1 is 0.642 bits per heavy atom. The normalized spacial score (nSPS) is 14.8. The lowest BCUT2D eigenvalue weighted by Gasteiger charge is -2.25. The Kier molecular flexibility index (Phi) is 24.0. The number of aromatic nitrogens is 2. The molecular weight excluding hydrogens is 950 g/mol. The second-order valence-corrected chi connectivity index (χ2v) is 16.6. The fourth-order valence-electron chi connectivity index (χ4n) is 6.64. The average molecular weight is 1000 g/mol. The molecule has 0 unspecified atom stereocenters. The highest BCUT2D eigenvalue weighted by atomic mass is 35.5. The zero-order valence-corrected chi connectivity index (χ0v) is 39.6. The number of nitrogens with one attached hydrogen (secondary N) is 5. The zero-order valence-electron chi connectivity index (χ0n) is 36.6. The number of halogens is 4. The van der Waals surface area contributed by atoms with Gasteiger partial charge in [0.25, 0.3) is 11.8 Å². The van der Waals surface area contributed by atoms with Crippen LogP contribution in [0.3, 0.4) is 0 Å². The predicted molar refractivity (Wildman–Crippen MR) is 254 cm³/mol. The number of ether oxygens (including phenoxy) is 2. The first-order valence-electron chi connectivity index (χ1n) is 21.6. The number of carbonyl (C=O) groups is 6. The fourth-order valence-corrected chi connectivity index (χ4v) is 7.50. The molecule has 6 N–H and O–H groups in total. The number of likely N-dealkylation sites (tertiary alicyclic amines) is 1. The first-order valence-corrected chi connectivity index (χ1v) is 23.1. The Morgan fingerprint density at radius 2 is 1.15 bits per heavy atom. The number of alkyl carbamates (subject to hydrolysis) is 2. The maximum Gasteiger partial charge on any atom is 0.407 e. The van der Waals surface area contributed by atoms with Gasteiger partial charge in [0.2, 0.25) is 5.91 Å². The van der Waals surface area contributed by atoms with Crippen LogP contribution in [-0.2, 0) is 32.3 Å². The first-order chi connectivity index (χ1) is 32.3. The molecule has 2 fully saturated rings. The van der Waals surface area contributed by atoms with E-state index in [4.69, 9.17) is 61.0 Å². The molecular formula is C46H54Cl4N8O9. The summed E-state index contributed by atoms with van der Waals surface area (Å²) < 4.78 is 10.1. The van der Waals surface area contributed by atoms with Gasteiger partial charge >= 0.3 is 18.2 Å². The van der Waals surface area contributed by atoms with Gasteiger partial charge in [-0.15, -0.1) is 0 Å². The molecule has 2 aromatic carbocycles. The number of amides is 5. The summed E-state index contributed by atoms with van der Waals surface area (Å²) in [5.74, 6) is -1.45. The van der Waals surface area contributed by atoms with Crippen molar-refractivity contribution in [2.45, 2.75) is 76.7 Å². The van der Waals surface area contributed by atoms with Crippen molar-refractivity contribution in [3.63, 3.8) is 0 Å². The van der Waals surface area contributed by atoms with Crippen LogP contribution < -0.4 is 26.6 Å². The molecule has 0 saturated carbocycles. The number of carboxylic acid groups (broad SMARTS) is 1. The van der Waals surface area contributed by atoms with Crippen molar-refractivity contribution in [3.8, 4) is 0 Å². The van der Waals surface area contributed by atoms with Gasteiger partial charge in [-0.25, -0.2) is 19.6 Å². The van der Waals surface area contributed by atoms with E-state index in [1.165, 1.54) is 12.1 Å². The van der Waals surface area contributed by atoms with Crippen molar-refractivity contribution >= 4 is 82.3 Å². The van der Waals surface area contributed by atoms with Gasteiger partial charge in [0, 0.05) is 57.6 Å².